The van der Waals surface area contributed by atoms with E-state index >= 15 is 0 Å². The normalized spacial score (nSPS) is 16.5. The molecule has 1 saturated heterocycles. The standard InChI is InChI=1S/C23H30N4O3/c1-2-30-19-7-8-21-17(13-19)14-20(23(29)25-21)22-24-9-12-27(22)16-18(28)15-26-10-5-3-4-6-11-26/h7-9,12-14,18,28H,2-6,10-11,15-16H2,1H3,(H,25,29). The van der Waals surface area contributed by atoms with E-state index in [1.54, 1.807) is 6.20 Å². The molecule has 0 amide bonds. The summed E-state index contributed by atoms with van der Waals surface area (Å²) in [6.07, 6.45) is 7.91. The molecule has 30 heavy (non-hydrogen) atoms. The van der Waals surface area contributed by atoms with Crippen molar-refractivity contribution in [2.24, 2.45) is 0 Å². The maximum atomic E-state index is 12.7. The number of H-pyrrole nitrogens is 1. The summed E-state index contributed by atoms with van der Waals surface area (Å²) in [5.41, 5.74) is 1.05. The zero-order valence-corrected chi connectivity index (χ0v) is 17.5. The highest BCUT2D eigenvalue weighted by atomic mass is 16.5. The summed E-state index contributed by atoms with van der Waals surface area (Å²) in [6, 6.07) is 7.46. The molecule has 4 rings (SSSR count). The minimum Gasteiger partial charge on any atom is -0.494 e. The highest BCUT2D eigenvalue weighted by Gasteiger charge is 2.17. The summed E-state index contributed by atoms with van der Waals surface area (Å²) >= 11 is 0. The molecule has 3 heterocycles. The third-order valence-corrected chi connectivity index (χ3v) is 5.66. The van der Waals surface area contributed by atoms with Crippen LogP contribution in [0.5, 0.6) is 5.75 Å². The van der Waals surface area contributed by atoms with Crippen LogP contribution in [0.15, 0.2) is 41.5 Å². The van der Waals surface area contributed by atoms with Gasteiger partial charge in [0.05, 0.1) is 24.8 Å². The van der Waals surface area contributed by atoms with E-state index in [0.29, 0.717) is 31.1 Å². The van der Waals surface area contributed by atoms with E-state index in [-0.39, 0.29) is 5.56 Å². The lowest BCUT2D eigenvalue weighted by atomic mass is 10.1. The Balaban J connectivity index is 1.56. The maximum Gasteiger partial charge on any atom is 0.259 e. The third kappa shape index (κ3) is 4.74. The molecule has 1 aliphatic heterocycles. The lowest BCUT2D eigenvalue weighted by Gasteiger charge is -2.23. The van der Waals surface area contributed by atoms with Gasteiger partial charge in [0.15, 0.2) is 0 Å². The lowest BCUT2D eigenvalue weighted by molar-refractivity contribution is 0.1000. The zero-order chi connectivity index (χ0) is 20.9. The number of fused-ring (bicyclic) bond motifs is 1. The third-order valence-electron chi connectivity index (χ3n) is 5.66. The fourth-order valence-corrected chi connectivity index (χ4v) is 4.21. The van der Waals surface area contributed by atoms with Gasteiger partial charge in [-0.1, -0.05) is 12.8 Å². The smallest absolute Gasteiger partial charge is 0.259 e. The lowest BCUT2D eigenvalue weighted by Crippen LogP contribution is -2.35. The number of hydrogen-bond donors (Lipinski definition) is 2. The molecular formula is C23H30N4O3. The topological polar surface area (TPSA) is 83.4 Å². The monoisotopic (exact) mass is 410 g/mol. The second-order valence-electron chi connectivity index (χ2n) is 7.97. The van der Waals surface area contributed by atoms with Crippen molar-refractivity contribution in [3.63, 3.8) is 0 Å². The molecule has 1 unspecified atom stereocenters. The van der Waals surface area contributed by atoms with E-state index in [1.807, 2.05) is 42.0 Å². The van der Waals surface area contributed by atoms with Crippen LogP contribution in [0.4, 0.5) is 0 Å². The van der Waals surface area contributed by atoms with Gasteiger partial charge in [0, 0.05) is 29.8 Å². The van der Waals surface area contributed by atoms with Gasteiger partial charge in [-0.25, -0.2) is 4.98 Å². The zero-order valence-electron chi connectivity index (χ0n) is 17.5. The first kappa shape index (κ1) is 20.6. The number of aromatic nitrogens is 3. The molecule has 1 fully saturated rings. The van der Waals surface area contributed by atoms with Gasteiger partial charge in [-0.3, -0.25) is 4.79 Å². The number of benzene rings is 1. The number of β-amino-alcohol motifs (C(OH)–C–C–N with tert-alkyl or cyclic N) is 1. The second kappa shape index (κ2) is 9.45. The molecule has 0 saturated carbocycles. The molecule has 0 spiro atoms. The van der Waals surface area contributed by atoms with Gasteiger partial charge >= 0.3 is 0 Å². The molecular weight excluding hydrogens is 380 g/mol. The molecule has 1 atom stereocenters. The maximum absolute atomic E-state index is 12.7. The number of nitrogens with one attached hydrogen (secondary N) is 1. The van der Waals surface area contributed by atoms with Crippen LogP contribution in [0.1, 0.15) is 32.6 Å². The highest BCUT2D eigenvalue weighted by Crippen LogP contribution is 2.23. The number of aromatic amines is 1. The minimum absolute atomic E-state index is 0.193. The number of imidazole rings is 1. The Labute approximate surface area is 176 Å². The summed E-state index contributed by atoms with van der Waals surface area (Å²) in [4.78, 5) is 22.4. The van der Waals surface area contributed by atoms with Crippen molar-refractivity contribution in [3.05, 3.63) is 47.0 Å². The molecule has 2 aromatic heterocycles. The Morgan fingerprint density at radius 2 is 1.97 bits per heavy atom. The number of rotatable bonds is 7. The number of pyridine rings is 1. The van der Waals surface area contributed by atoms with Crippen LogP contribution in [0.25, 0.3) is 22.3 Å². The second-order valence-corrected chi connectivity index (χ2v) is 7.97. The molecule has 2 N–H and O–H groups in total. The van der Waals surface area contributed by atoms with Crippen molar-refractivity contribution in [1.29, 1.82) is 0 Å². The van der Waals surface area contributed by atoms with Gasteiger partial charge in [0.1, 0.15) is 11.6 Å². The van der Waals surface area contributed by atoms with E-state index in [0.717, 1.165) is 29.7 Å². The summed E-state index contributed by atoms with van der Waals surface area (Å²) in [6.45, 7) is 5.66. The molecule has 0 bridgehead atoms. The first-order chi connectivity index (χ1) is 14.6. The number of ether oxygens (including phenoxy) is 1. The molecule has 7 nitrogen and oxygen atoms in total. The first-order valence-electron chi connectivity index (χ1n) is 10.9. The molecule has 1 aromatic carbocycles. The Morgan fingerprint density at radius 3 is 2.73 bits per heavy atom. The molecule has 3 aromatic rings. The predicted octanol–water partition coefficient (Wildman–Crippen LogP) is 3.03. The molecule has 1 aliphatic rings. The van der Waals surface area contributed by atoms with Crippen LogP contribution >= 0.6 is 0 Å². The van der Waals surface area contributed by atoms with Crippen LogP contribution < -0.4 is 10.3 Å². The van der Waals surface area contributed by atoms with Gasteiger partial charge < -0.3 is 24.3 Å². The average molecular weight is 411 g/mol. The molecule has 7 heteroatoms. The van der Waals surface area contributed by atoms with Gasteiger partial charge in [-0.15, -0.1) is 0 Å². The SMILES string of the molecule is CCOc1ccc2[nH]c(=O)c(-c3nccn3CC(O)CN3CCCCCC3)cc2c1. The Kier molecular flexibility index (Phi) is 6.50. The Hall–Kier alpha value is -2.64. The fourth-order valence-electron chi connectivity index (χ4n) is 4.21. The fraction of sp³-hybridized carbons (Fsp3) is 0.478. The number of aliphatic hydroxyl groups excluding tert-OH is 1. The number of aliphatic hydroxyl groups is 1. The van der Waals surface area contributed by atoms with E-state index in [4.69, 9.17) is 4.74 Å². The van der Waals surface area contributed by atoms with Crippen molar-refractivity contribution < 1.29 is 9.84 Å². The van der Waals surface area contributed by atoms with E-state index in [2.05, 4.69) is 14.9 Å². The van der Waals surface area contributed by atoms with Crippen molar-refractivity contribution in [2.75, 3.05) is 26.2 Å². The number of hydrogen-bond acceptors (Lipinski definition) is 5. The van der Waals surface area contributed by atoms with Crippen LogP contribution in [-0.2, 0) is 6.54 Å². The van der Waals surface area contributed by atoms with E-state index in [9.17, 15) is 9.90 Å². The van der Waals surface area contributed by atoms with Crippen LogP contribution in [0.2, 0.25) is 0 Å². The number of likely N-dealkylation sites (tertiary alicyclic amines) is 1. The summed E-state index contributed by atoms with van der Waals surface area (Å²) < 4.78 is 7.45. The summed E-state index contributed by atoms with van der Waals surface area (Å²) in [5, 5.41) is 11.6. The van der Waals surface area contributed by atoms with Crippen LogP contribution in [-0.4, -0.2) is 56.9 Å². The van der Waals surface area contributed by atoms with Crippen LogP contribution in [0, 0.1) is 0 Å². The quantitative estimate of drug-likeness (QED) is 0.626. The summed E-state index contributed by atoms with van der Waals surface area (Å²) in [7, 11) is 0. The van der Waals surface area contributed by atoms with Crippen molar-refractivity contribution in [1.82, 2.24) is 19.4 Å². The van der Waals surface area contributed by atoms with Crippen molar-refractivity contribution >= 4 is 10.9 Å². The Morgan fingerprint density at radius 1 is 1.17 bits per heavy atom. The van der Waals surface area contributed by atoms with Gasteiger partial charge in [-0.2, -0.15) is 0 Å². The molecule has 0 aliphatic carbocycles. The predicted molar refractivity (Wildman–Crippen MR) is 118 cm³/mol. The van der Waals surface area contributed by atoms with E-state index < -0.39 is 6.10 Å². The van der Waals surface area contributed by atoms with Gasteiger partial charge in [0.25, 0.3) is 5.56 Å². The van der Waals surface area contributed by atoms with Crippen molar-refractivity contribution in [3.8, 4) is 17.1 Å². The largest absolute Gasteiger partial charge is 0.494 e. The van der Waals surface area contributed by atoms with Gasteiger partial charge in [-0.05, 0) is 57.1 Å². The number of nitrogens with zero attached hydrogens (tertiary/aromatic N) is 3. The molecule has 160 valence electrons. The summed E-state index contributed by atoms with van der Waals surface area (Å²) in [5.74, 6) is 1.33. The Bertz CT molecular complexity index is 1030. The van der Waals surface area contributed by atoms with E-state index in [1.165, 1.54) is 25.7 Å². The minimum atomic E-state index is -0.514. The van der Waals surface area contributed by atoms with Crippen LogP contribution in [0.3, 0.4) is 0 Å². The van der Waals surface area contributed by atoms with Gasteiger partial charge in [0.2, 0.25) is 0 Å². The average Bonchev–Trinajstić information content (AvgIpc) is 3.02. The van der Waals surface area contributed by atoms with Crippen molar-refractivity contribution in [2.45, 2.75) is 45.3 Å². The first-order valence-corrected chi connectivity index (χ1v) is 10.9. The highest BCUT2D eigenvalue weighted by molar-refractivity contribution is 5.83. The molecule has 0 radical (unpaired) electrons.